The molecule has 1 unspecified atom stereocenters. The Balaban J connectivity index is 2.61. The van der Waals surface area contributed by atoms with Gasteiger partial charge in [0.2, 0.25) is 10.0 Å². The normalized spacial score (nSPS) is 14.4. The van der Waals surface area contributed by atoms with E-state index in [1.807, 2.05) is 39.0 Å². The summed E-state index contributed by atoms with van der Waals surface area (Å²) < 4.78 is 26.6. The molecule has 1 aromatic heterocycles. The minimum absolute atomic E-state index is 0.0488. The van der Waals surface area contributed by atoms with Gasteiger partial charge in [0.05, 0.1) is 5.75 Å². The fraction of sp³-hybridized carbons (Fsp3) is 0.583. The van der Waals surface area contributed by atoms with Gasteiger partial charge in [-0.3, -0.25) is 4.98 Å². The quantitative estimate of drug-likeness (QED) is 0.810. The molecule has 0 aliphatic carbocycles. The van der Waals surface area contributed by atoms with Crippen molar-refractivity contribution in [3.05, 3.63) is 30.1 Å². The molecule has 18 heavy (non-hydrogen) atoms. The maximum absolute atomic E-state index is 12.0. The molecule has 0 saturated heterocycles. The Bertz CT molecular complexity index is 472. The molecule has 0 aromatic carbocycles. The van der Waals surface area contributed by atoms with Gasteiger partial charge in [-0.1, -0.05) is 28.9 Å². The van der Waals surface area contributed by atoms with Crippen LogP contribution in [0.5, 0.6) is 0 Å². The Morgan fingerprint density at radius 2 is 2.11 bits per heavy atom. The van der Waals surface area contributed by atoms with E-state index in [2.05, 4.69) is 25.6 Å². The van der Waals surface area contributed by atoms with E-state index in [1.165, 1.54) is 0 Å². The number of halogens is 1. The summed E-state index contributed by atoms with van der Waals surface area (Å²) in [6.07, 6.45) is 2.09. The van der Waals surface area contributed by atoms with E-state index in [0.717, 1.165) is 5.69 Å². The summed E-state index contributed by atoms with van der Waals surface area (Å²) in [6.45, 7) is 5.62. The van der Waals surface area contributed by atoms with Gasteiger partial charge < -0.3 is 0 Å². The lowest BCUT2D eigenvalue weighted by Gasteiger charge is -2.28. The van der Waals surface area contributed by atoms with E-state index in [1.54, 1.807) is 6.20 Å². The topological polar surface area (TPSA) is 59.1 Å². The van der Waals surface area contributed by atoms with Gasteiger partial charge >= 0.3 is 0 Å². The number of aryl methyl sites for hydroxylation is 1. The highest BCUT2D eigenvalue weighted by molar-refractivity contribution is 9.09. The van der Waals surface area contributed by atoms with Crippen LogP contribution < -0.4 is 4.72 Å². The first-order valence-corrected chi connectivity index (χ1v) is 8.35. The maximum atomic E-state index is 12.0. The molecule has 102 valence electrons. The van der Waals surface area contributed by atoms with E-state index in [4.69, 9.17) is 0 Å². The largest absolute Gasteiger partial charge is 0.261 e. The number of nitrogens with zero attached hydrogens (tertiary/aromatic N) is 1. The van der Waals surface area contributed by atoms with Gasteiger partial charge in [-0.25, -0.2) is 13.1 Å². The van der Waals surface area contributed by atoms with E-state index in [9.17, 15) is 8.42 Å². The molecule has 0 aliphatic heterocycles. The molecule has 0 spiro atoms. The van der Waals surface area contributed by atoms with Gasteiger partial charge in [0.1, 0.15) is 0 Å². The fourth-order valence-electron chi connectivity index (χ4n) is 1.32. The van der Waals surface area contributed by atoms with Gasteiger partial charge in [0.15, 0.2) is 0 Å². The molecule has 4 nitrogen and oxygen atoms in total. The first-order chi connectivity index (χ1) is 8.23. The van der Waals surface area contributed by atoms with E-state index in [0.29, 0.717) is 6.42 Å². The lowest BCUT2D eigenvalue weighted by molar-refractivity contribution is 0.453. The number of rotatable bonds is 6. The highest BCUT2D eigenvalue weighted by atomic mass is 79.9. The van der Waals surface area contributed by atoms with Gasteiger partial charge in [0, 0.05) is 28.7 Å². The monoisotopic (exact) mass is 334 g/mol. The van der Waals surface area contributed by atoms with Gasteiger partial charge in [-0.2, -0.15) is 0 Å². The summed E-state index contributed by atoms with van der Waals surface area (Å²) in [4.78, 5) is 4.16. The molecule has 0 radical (unpaired) electrons. The van der Waals surface area contributed by atoms with Crippen molar-refractivity contribution in [2.24, 2.45) is 0 Å². The molecule has 1 rings (SSSR count). The SMILES string of the molecule is CC(Br)C(C)(C)NS(=O)(=O)CCc1ccccn1. The minimum Gasteiger partial charge on any atom is -0.261 e. The van der Waals surface area contributed by atoms with Crippen molar-refractivity contribution in [1.82, 2.24) is 9.71 Å². The third-order valence-corrected chi connectivity index (χ3v) is 5.49. The summed E-state index contributed by atoms with van der Waals surface area (Å²) in [5.74, 6) is 0.0488. The summed E-state index contributed by atoms with van der Waals surface area (Å²) in [6, 6.07) is 5.49. The Kier molecular flexibility index (Phi) is 5.31. The van der Waals surface area contributed by atoms with Crippen molar-refractivity contribution >= 4 is 26.0 Å². The highest BCUT2D eigenvalue weighted by Gasteiger charge is 2.28. The molecular formula is C12H19BrN2O2S. The van der Waals surface area contributed by atoms with Crippen molar-refractivity contribution in [2.45, 2.75) is 37.6 Å². The lowest BCUT2D eigenvalue weighted by Crippen LogP contribution is -2.49. The summed E-state index contributed by atoms with van der Waals surface area (Å²) in [7, 11) is -3.30. The van der Waals surface area contributed by atoms with Crippen LogP contribution in [0.15, 0.2) is 24.4 Å². The van der Waals surface area contributed by atoms with Crippen molar-refractivity contribution in [1.29, 1.82) is 0 Å². The Hall–Kier alpha value is -0.460. The second-order valence-corrected chi connectivity index (χ2v) is 8.05. The number of sulfonamides is 1. The predicted octanol–water partition coefficient (Wildman–Crippen LogP) is 2.11. The van der Waals surface area contributed by atoms with Crippen LogP contribution in [-0.2, 0) is 16.4 Å². The summed E-state index contributed by atoms with van der Waals surface area (Å²) >= 11 is 3.41. The van der Waals surface area contributed by atoms with E-state index in [-0.39, 0.29) is 10.6 Å². The summed E-state index contributed by atoms with van der Waals surface area (Å²) in [5, 5.41) is 0. The van der Waals surface area contributed by atoms with Crippen molar-refractivity contribution in [3.8, 4) is 0 Å². The second kappa shape index (κ2) is 6.12. The molecule has 6 heteroatoms. The van der Waals surface area contributed by atoms with Crippen LogP contribution >= 0.6 is 15.9 Å². The van der Waals surface area contributed by atoms with Crippen LogP contribution in [0.1, 0.15) is 26.5 Å². The smallest absolute Gasteiger partial charge is 0.212 e. The van der Waals surface area contributed by atoms with Crippen LogP contribution in [0.2, 0.25) is 0 Å². The van der Waals surface area contributed by atoms with Crippen LogP contribution in [-0.4, -0.2) is 29.5 Å². The van der Waals surface area contributed by atoms with Crippen LogP contribution in [0.3, 0.4) is 0 Å². The molecule has 0 aliphatic rings. The molecule has 1 N–H and O–H groups in total. The van der Waals surface area contributed by atoms with Gasteiger partial charge in [-0.05, 0) is 26.0 Å². The number of hydrogen-bond acceptors (Lipinski definition) is 3. The third kappa shape index (κ3) is 5.04. The molecule has 1 heterocycles. The number of hydrogen-bond donors (Lipinski definition) is 1. The average molecular weight is 335 g/mol. The van der Waals surface area contributed by atoms with Crippen LogP contribution in [0, 0.1) is 0 Å². The Morgan fingerprint density at radius 3 is 2.61 bits per heavy atom. The standard InChI is InChI=1S/C12H19BrN2O2S/c1-10(13)12(2,3)15-18(16,17)9-7-11-6-4-5-8-14-11/h4-6,8,10,15H,7,9H2,1-3H3. The Labute approximate surface area is 117 Å². The second-order valence-electron chi connectivity index (χ2n) is 4.83. The van der Waals surface area contributed by atoms with E-state index >= 15 is 0 Å². The predicted molar refractivity (Wildman–Crippen MR) is 77.3 cm³/mol. The molecule has 1 aromatic rings. The maximum Gasteiger partial charge on any atom is 0.212 e. The van der Waals surface area contributed by atoms with Gasteiger partial charge in [-0.15, -0.1) is 0 Å². The van der Waals surface area contributed by atoms with Crippen molar-refractivity contribution < 1.29 is 8.42 Å². The number of pyridine rings is 1. The molecule has 0 fully saturated rings. The van der Waals surface area contributed by atoms with Crippen LogP contribution in [0.25, 0.3) is 0 Å². The zero-order valence-corrected chi connectivity index (χ0v) is 13.3. The number of aromatic nitrogens is 1. The zero-order chi connectivity index (χ0) is 13.8. The zero-order valence-electron chi connectivity index (χ0n) is 10.9. The van der Waals surface area contributed by atoms with E-state index < -0.39 is 15.6 Å². The third-order valence-electron chi connectivity index (χ3n) is 2.77. The number of alkyl halides is 1. The Morgan fingerprint density at radius 1 is 1.44 bits per heavy atom. The molecule has 0 bridgehead atoms. The first-order valence-electron chi connectivity index (χ1n) is 5.78. The molecule has 1 atom stereocenters. The number of nitrogens with one attached hydrogen (secondary N) is 1. The molecule has 0 amide bonds. The lowest BCUT2D eigenvalue weighted by atomic mass is 10.0. The minimum atomic E-state index is -3.30. The average Bonchev–Trinajstić information content (AvgIpc) is 2.26. The summed E-state index contributed by atoms with van der Waals surface area (Å²) in [5.41, 5.74) is 0.274. The fourth-order valence-corrected chi connectivity index (χ4v) is 3.14. The van der Waals surface area contributed by atoms with Crippen molar-refractivity contribution in [2.75, 3.05) is 5.75 Å². The first kappa shape index (κ1) is 15.6. The molecule has 0 saturated carbocycles. The van der Waals surface area contributed by atoms with Crippen molar-refractivity contribution in [3.63, 3.8) is 0 Å². The highest BCUT2D eigenvalue weighted by Crippen LogP contribution is 2.18. The van der Waals surface area contributed by atoms with Gasteiger partial charge in [0.25, 0.3) is 0 Å². The molecular weight excluding hydrogens is 316 g/mol. The van der Waals surface area contributed by atoms with Crippen LogP contribution in [0.4, 0.5) is 0 Å².